The molecule has 1 N–H and O–H groups in total. The summed E-state index contributed by atoms with van der Waals surface area (Å²) < 4.78 is 5.44. The first-order valence-electron chi connectivity index (χ1n) is 9.64. The van der Waals surface area contributed by atoms with Crippen LogP contribution in [0.1, 0.15) is 45.2 Å². The molecule has 1 heterocycles. The van der Waals surface area contributed by atoms with Gasteiger partial charge in [0.25, 0.3) is 0 Å². The Hall–Kier alpha value is -1.69. The van der Waals surface area contributed by atoms with Crippen molar-refractivity contribution in [2.75, 3.05) is 17.7 Å². The molecule has 1 saturated heterocycles. The van der Waals surface area contributed by atoms with Crippen molar-refractivity contribution in [1.29, 1.82) is 0 Å². The molecular weight excluding hydrogens is 360 g/mol. The second-order valence-electron chi connectivity index (χ2n) is 8.06. The highest BCUT2D eigenvalue weighted by atomic mass is 32.2. The lowest BCUT2D eigenvalue weighted by Gasteiger charge is -2.30. The SMILES string of the molecule is Cc1cccc(C)c1NC(=O)N1C(CC(C)C)SCC1C(=O)OCC(C)C. The number of rotatable bonds is 6. The molecule has 2 amide bonds. The number of amides is 2. The van der Waals surface area contributed by atoms with Crippen LogP contribution in [-0.2, 0) is 9.53 Å². The Balaban J connectivity index is 2.21. The van der Waals surface area contributed by atoms with Gasteiger partial charge in [-0.15, -0.1) is 11.8 Å². The standard InChI is InChI=1S/C21H32N2O3S/c1-13(2)10-18-23(17(12-27-18)20(24)26-11-14(3)4)21(25)22-19-15(5)8-7-9-16(19)6/h7-9,13-14,17-18H,10-12H2,1-6H3,(H,22,25). The van der Waals surface area contributed by atoms with Gasteiger partial charge in [0.1, 0.15) is 6.04 Å². The quantitative estimate of drug-likeness (QED) is 0.705. The first-order valence-corrected chi connectivity index (χ1v) is 10.7. The van der Waals surface area contributed by atoms with E-state index >= 15 is 0 Å². The van der Waals surface area contributed by atoms with Crippen LogP contribution in [0.4, 0.5) is 10.5 Å². The number of nitrogens with zero attached hydrogens (tertiary/aromatic N) is 1. The summed E-state index contributed by atoms with van der Waals surface area (Å²) in [6, 6.07) is 5.15. The van der Waals surface area contributed by atoms with Gasteiger partial charge in [0.2, 0.25) is 0 Å². The average Bonchev–Trinajstić information content (AvgIpc) is 2.99. The van der Waals surface area contributed by atoms with Gasteiger partial charge >= 0.3 is 12.0 Å². The molecule has 150 valence electrons. The molecule has 0 aliphatic carbocycles. The number of carbonyl (C=O) groups excluding carboxylic acids is 2. The number of anilines is 1. The highest BCUT2D eigenvalue weighted by Crippen LogP contribution is 2.35. The molecule has 0 bridgehead atoms. The highest BCUT2D eigenvalue weighted by Gasteiger charge is 2.42. The van der Waals surface area contributed by atoms with Crippen molar-refractivity contribution in [2.24, 2.45) is 11.8 Å². The van der Waals surface area contributed by atoms with Crippen molar-refractivity contribution in [2.45, 2.75) is 59.4 Å². The Labute approximate surface area is 167 Å². The molecule has 2 rings (SSSR count). The van der Waals surface area contributed by atoms with Gasteiger partial charge in [-0.3, -0.25) is 4.90 Å². The van der Waals surface area contributed by atoms with Gasteiger partial charge in [0, 0.05) is 11.4 Å². The molecular formula is C21H32N2O3S. The Morgan fingerprint density at radius 2 is 1.81 bits per heavy atom. The van der Waals surface area contributed by atoms with E-state index in [1.807, 2.05) is 45.9 Å². The van der Waals surface area contributed by atoms with Gasteiger partial charge in [-0.25, -0.2) is 9.59 Å². The van der Waals surface area contributed by atoms with Crippen molar-refractivity contribution in [1.82, 2.24) is 4.90 Å². The van der Waals surface area contributed by atoms with Crippen molar-refractivity contribution in [3.05, 3.63) is 29.3 Å². The fraction of sp³-hybridized carbons (Fsp3) is 0.619. The summed E-state index contributed by atoms with van der Waals surface area (Å²) in [6.07, 6.45) is 0.846. The van der Waals surface area contributed by atoms with Crippen molar-refractivity contribution >= 4 is 29.4 Å². The molecule has 2 atom stereocenters. The van der Waals surface area contributed by atoms with E-state index in [4.69, 9.17) is 4.74 Å². The number of hydrogen-bond donors (Lipinski definition) is 1. The van der Waals surface area contributed by atoms with Crippen LogP contribution in [0.2, 0.25) is 0 Å². The number of ether oxygens (including phenoxy) is 1. The predicted octanol–water partition coefficient (Wildman–Crippen LogP) is 4.82. The van der Waals surface area contributed by atoms with Crippen molar-refractivity contribution in [3.8, 4) is 0 Å². The second-order valence-corrected chi connectivity index (χ2v) is 9.27. The summed E-state index contributed by atoms with van der Waals surface area (Å²) in [5.74, 6) is 0.975. The Bertz CT molecular complexity index is 655. The summed E-state index contributed by atoms with van der Waals surface area (Å²) in [5.41, 5.74) is 2.83. The third-order valence-electron chi connectivity index (χ3n) is 4.54. The summed E-state index contributed by atoms with van der Waals surface area (Å²) >= 11 is 1.66. The molecule has 0 saturated carbocycles. The van der Waals surface area contributed by atoms with E-state index in [9.17, 15) is 9.59 Å². The Morgan fingerprint density at radius 1 is 1.19 bits per heavy atom. The molecule has 1 aromatic carbocycles. The zero-order valence-corrected chi connectivity index (χ0v) is 18.1. The van der Waals surface area contributed by atoms with Crippen LogP contribution in [0.25, 0.3) is 0 Å². The number of benzene rings is 1. The summed E-state index contributed by atoms with van der Waals surface area (Å²) in [5, 5.41) is 3.02. The van der Waals surface area contributed by atoms with E-state index in [0.29, 0.717) is 18.3 Å². The van der Waals surface area contributed by atoms with Crippen LogP contribution in [0, 0.1) is 25.7 Å². The van der Waals surface area contributed by atoms with Gasteiger partial charge in [-0.1, -0.05) is 45.9 Å². The maximum Gasteiger partial charge on any atom is 0.329 e. The minimum Gasteiger partial charge on any atom is -0.464 e. The van der Waals surface area contributed by atoms with Crippen LogP contribution >= 0.6 is 11.8 Å². The van der Waals surface area contributed by atoms with Gasteiger partial charge in [0.05, 0.1) is 12.0 Å². The number of esters is 1. The molecule has 1 fully saturated rings. The van der Waals surface area contributed by atoms with E-state index in [-0.39, 0.29) is 23.3 Å². The van der Waals surface area contributed by atoms with Crippen LogP contribution < -0.4 is 5.32 Å². The largest absolute Gasteiger partial charge is 0.464 e. The zero-order chi connectivity index (χ0) is 20.1. The topological polar surface area (TPSA) is 58.6 Å². The Morgan fingerprint density at radius 3 is 2.37 bits per heavy atom. The molecule has 0 radical (unpaired) electrons. The normalized spacial score (nSPS) is 19.6. The van der Waals surface area contributed by atoms with Crippen LogP contribution in [0.5, 0.6) is 0 Å². The molecule has 27 heavy (non-hydrogen) atoms. The van der Waals surface area contributed by atoms with Gasteiger partial charge in [0.15, 0.2) is 0 Å². The number of hydrogen-bond acceptors (Lipinski definition) is 4. The fourth-order valence-electron chi connectivity index (χ4n) is 3.13. The van der Waals surface area contributed by atoms with Crippen molar-refractivity contribution < 1.29 is 14.3 Å². The molecule has 2 unspecified atom stereocenters. The molecule has 1 aliphatic heterocycles. The summed E-state index contributed by atoms with van der Waals surface area (Å²) in [4.78, 5) is 27.5. The van der Waals surface area contributed by atoms with E-state index in [1.165, 1.54) is 0 Å². The number of aryl methyl sites for hydroxylation is 2. The van der Waals surface area contributed by atoms with Gasteiger partial charge < -0.3 is 10.1 Å². The summed E-state index contributed by atoms with van der Waals surface area (Å²) in [7, 11) is 0. The lowest BCUT2D eigenvalue weighted by molar-refractivity contribution is -0.149. The number of urea groups is 1. The minimum absolute atomic E-state index is 0.0223. The van der Waals surface area contributed by atoms with Gasteiger partial charge in [-0.05, 0) is 43.2 Å². The molecule has 1 aliphatic rings. The number of carbonyl (C=O) groups is 2. The van der Waals surface area contributed by atoms with Gasteiger partial charge in [-0.2, -0.15) is 0 Å². The monoisotopic (exact) mass is 392 g/mol. The molecule has 1 aromatic rings. The lowest BCUT2D eigenvalue weighted by Crippen LogP contribution is -2.48. The number of thioether (sulfide) groups is 1. The molecule has 0 aromatic heterocycles. The van der Waals surface area contributed by atoms with Crippen LogP contribution in [0.3, 0.4) is 0 Å². The van der Waals surface area contributed by atoms with Crippen LogP contribution in [-0.4, -0.2) is 40.7 Å². The van der Waals surface area contributed by atoms with E-state index in [1.54, 1.807) is 16.7 Å². The van der Waals surface area contributed by atoms with E-state index in [0.717, 1.165) is 23.2 Å². The number of nitrogens with one attached hydrogen (secondary N) is 1. The highest BCUT2D eigenvalue weighted by molar-refractivity contribution is 8.00. The zero-order valence-electron chi connectivity index (χ0n) is 17.2. The minimum atomic E-state index is -0.540. The lowest BCUT2D eigenvalue weighted by atomic mass is 10.1. The third-order valence-corrected chi connectivity index (χ3v) is 5.86. The smallest absolute Gasteiger partial charge is 0.329 e. The Kier molecular flexibility index (Phi) is 7.59. The molecule has 5 nitrogen and oxygen atoms in total. The van der Waals surface area contributed by atoms with Crippen LogP contribution in [0.15, 0.2) is 18.2 Å². The number of para-hydroxylation sites is 1. The predicted molar refractivity (Wildman–Crippen MR) is 112 cm³/mol. The maximum atomic E-state index is 13.2. The fourth-order valence-corrected chi connectivity index (χ4v) is 4.76. The first-order chi connectivity index (χ1) is 12.7. The first kappa shape index (κ1) is 21.6. The third kappa shape index (κ3) is 5.64. The molecule has 6 heteroatoms. The van der Waals surface area contributed by atoms with Crippen molar-refractivity contribution in [3.63, 3.8) is 0 Å². The second kappa shape index (κ2) is 9.49. The van der Waals surface area contributed by atoms with E-state index < -0.39 is 6.04 Å². The summed E-state index contributed by atoms with van der Waals surface area (Å²) in [6.45, 7) is 12.6. The maximum absolute atomic E-state index is 13.2. The average molecular weight is 393 g/mol. The van der Waals surface area contributed by atoms with E-state index in [2.05, 4.69) is 19.2 Å². The molecule has 0 spiro atoms.